The molecule has 184 valence electrons. The quantitative estimate of drug-likeness (QED) is 0.443. The molecule has 0 aliphatic carbocycles. The first-order valence-corrected chi connectivity index (χ1v) is 11.6. The Morgan fingerprint density at radius 2 is 1.19 bits per heavy atom. The minimum Gasteiger partial charge on any atom is -0.379 e. The van der Waals surface area contributed by atoms with Crippen molar-refractivity contribution in [2.24, 2.45) is 0 Å². The van der Waals surface area contributed by atoms with Gasteiger partial charge in [0.1, 0.15) is 6.10 Å². The van der Waals surface area contributed by atoms with Gasteiger partial charge in [-0.2, -0.15) is 0 Å². The molecule has 0 bridgehead atoms. The van der Waals surface area contributed by atoms with Gasteiger partial charge in [0.05, 0.1) is 92.5 Å². The van der Waals surface area contributed by atoms with Crippen LogP contribution >= 0.6 is 0 Å². The van der Waals surface area contributed by atoms with Crippen molar-refractivity contribution in [2.45, 2.75) is 18.9 Å². The molecule has 0 saturated carbocycles. The third-order valence-corrected chi connectivity index (χ3v) is 4.65. The molecule has 1 aromatic rings. The summed E-state index contributed by atoms with van der Waals surface area (Å²) in [4.78, 5) is 0. The molecule has 1 aliphatic rings. The van der Waals surface area contributed by atoms with Crippen molar-refractivity contribution < 1.29 is 37.9 Å². The second-order valence-electron chi connectivity index (χ2n) is 7.29. The minimum absolute atomic E-state index is 0.145. The summed E-state index contributed by atoms with van der Waals surface area (Å²) < 4.78 is 44.6. The van der Waals surface area contributed by atoms with E-state index in [1.807, 2.05) is 6.07 Å². The second kappa shape index (κ2) is 20.5. The Morgan fingerprint density at radius 3 is 1.88 bits per heavy atom. The molecule has 1 aliphatic heterocycles. The highest BCUT2D eigenvalue weighted by Gasteiger charge is 2.10. The van der Waals surface area contributed by atoms with E-state index in [-0.39, 0.29) is 6.10 Å². The molecule has 8 nitrogen and oxygen atoms in total. The van der Waals surface area contributed by atoms with E-state index in [0.29, 0.717) is 92.5 Å². The molecule has 0 radical (unpaired) electrons. The number of hydrogen-bond donors (Lipinski definition) is 0. The van der Waals surface area contributed by atoms with Crippen molar-refractivity contribution in [3.05, 3.63) is 35.9 Å². The maximum Gasteiger partial charge on any atom is 0.104 e. The summed E-state index contributed by atoms with van der Waals surface area (Å²) in [6.07, 6.45) is 1.91. The summed E-state index contributed by atoms with van der Waals surface area (Å²) in [5.74, 6) is 0. The topological polar surface area (TPSA) is 73.8 Å². The Balaban J connectivity index is 1.42. The standard InChI is InChI=1S/C24H40O8/c1-2-5-23(6-3-1)7-4-8-25-9-10-27-15-17-30-21-24-22-31-18-16-28-12-11-26-13-14-29-19-20-32-24/h1-3,5-6,24H,4,7-22H2. The highest BCUT2D eigenvalue weighted by atomic mass is 16.6. The van der Waals surface area contributed by atoms with Gasteiger partial charge in [0, 0.05) is 6.61 Å². The lowest BCUT2D eigenvalue weighted by atomic mass is 10.1. The van der Waals surface area contributed by atoms with Crippen LogP contribution in [0.3, 0.4) is 0 Å². The molecule has 1 aromatic carbocycles. The van der Waals surface area contributed by atoms with Crippen molar-refractivity contribution in [2.75, 3.05) is 99.1 Å². The van der Waals surface area contributed by atoms with Crippen LogP contribution in [0.5, 0.6) is 0 Å². The monoisotopic (exact) mass is 456 g/mol. The van der Waals surface area contributed by atoms with Gasteiger partial charge in [0.15, 0.2) is 0 Å². The molecule has 1 atom stereocenters. The average Bonchev–Trinajstić information content (AvgIpc) is 2.83. The van der Waals surface area contributed by atoms with Gasteiger partial charge in [-0.3, -0.25) is 0 Å². The lowest BCUT2D eigenvalue weighted by molar-refractivity contribution is -0.0833. The maximum absolute atomic E-state index is 5.82. The fourth-order valence-corrected chi connectivity index (χ4v) is 2.97. The molecule has 8 heteroatoms. The van der Waals surface area contributed by atoms with Gasteiger partial charge >= 0.3 is 0 Å². The third kappa shape index (κ3) is 15.7. The molecule has 1 heterocycles. The van der Waals surface area contributed by atoms with E-state index in [1.54, 1.807) is 0 Å². The number of benzene rings is 1. The molecule has 1 fully saturated rings. The van der Waals surface area contributed by atoms with E-state index in [2.05, 4.69) is 24.3 Å². The van der Waals surface area contributed by atoms with Crippen molar-refractivity contribution >= 4 is 0 Å². The fourth-order valence-electron chi connectivity index (χ4n) is 2.97. The Kier molecular flexibility index (Phi) is 17.4. The Morgan fingerprint density at radius 1 is 0.625 bits per heavy atom. The summed E-state index contributed by atoms with van der Waals surface area (Å²) in [5, 5.41) is 0. The van der Waals surface area contributed by atoms with E-state index in [1.165, 1.54) is 5.56 Å². The van der Waals surface area contributed by atoms with Crippen LogP contribution in [0.25, 0.3) is 0 Å². The predicted molar refractivity (Wildman–Crippen MR) is 120 cm³/mol. The van der Waals surface area contributed by atoms with Gasteiger partial charge in [-0.05, 0) is 18.4 Å². The minimum atomic E-state index is -0.145. The largest absolute Gasteiger partial charge is 0.379 e. The van der Waals surface area contributed by atoms with Crippen molar-refractivity contribution in [3.63, 3.8) is 0 Å². The number of ether oxygens (including phenoxy) is 8. The molecule has 1 unspecified atom stereocenters. The zero-order valence-electron chi connectivity index (χ0n) is 19.3. The van der Waals surface area contributed by atoms with Gasteiger partial charge < -0.3 is 37.9 Å². The van der Waals surface area contributed by atoms with E-state index in [0.717, 1.165) is 19.4 Å². The number of hydrogen-bond acceptors (Lipinski definition) is 8. The molecule has 0 spiro atoms. The van der Waals surface area contributed by atoms with Crippen molar-refractivity contribution in [1.82, 2.24) is 0 Å². The predicted octanol–water partition coefficient (Wildman–Crippen LogP) is 2.13. The molecule has 0 N–H and O–H groups in total. The van der Waals surface area contributed by atoms with Gasteiger partial charge in [0.2, 0.25) is 0 Å². The first kappa shape index (κ1) is 27.1. The molecular weight excluding hydrogens is 416 g/mol. The molecule has 0 aromatic heterocycles. The zero-order chi connectivity index (χ0) is 22.4. The molecule has 32 heavy (non-hydrogen) atoms. The Labute approximate surface area is 192 Å². The van der Waals surface area contributed by atoms with Crippen molar-refractivity contribution in [3.8, 4) is 0 Å². The third-order valence-electron chi connectivity index (χ3n) is 4.65. The van der Waals surface area contributed by atoms with Crippen LogP contribution in [0.15, 0.2) is 30.3 Å². The lowest BCUT2D eigenvalue weighted by Crippen LogP contribution is -2.28. The summed E-state index contributed by atoms with van der Waals surface area (Å²) in [5.41, 5.74) is 1.34. The first-order chi connectivity index (χ1) is 15.9. The van der Waals surface area contributed by atoms with Crippen LogP contribution in [0.4, 0.5) is 0 Å². The van der Waals surface area contributed by atoms with Crippen LogP contribution in [0.1, 0.15) is 12.0 Å². The van der Waals surface area contributed by atoms with Crippen LogP contribution in [0.2, 0.25) is 0 Å². The zero-order valence-corrected chi connectivity index (χ0v) is 19.3. The lowest BCUT2D eigenvalue weighted by Gasteiger charge is -2.18. The number of rotatable bonds is 12. The summed E-state index contributed by atoms with van der Waals surface area (Å²) in [6.45, 7) is 8.15. The second-order valence-corrected chi connectivity index (χ2v) is 7.29. The smallest absolute Gasteiger partial charge is 0.104 e. The number of aryl methyl sites for hydroxylation is 1. The molecular formula is C24H40O8. The van der Waals surface area contributed by atoms with Gasteiger partial charge in [-0.1, -0.05) is 30.3 Å². The highest BCUT2D eigenvalue weighted by Crippen LogP contribution is 2.02. The van der Waals surface area contributed by atoms with Crippen LogP contribution in [0, 0.1) is 0 Å². The van der Waals surface area contributed by atoms with E-state index in [4.69, 9.17) is 37.9 Å². The van der Waals surface area contributed by atoms with E-state index < -0.39 is 0 Å². The Hall–Kier alpha value is -1.10. The maximum atomic E-state index is 5.82. The van der Waals surface area contributed by atoms with E-state index in [9.17, 15) is 0 Å². The van der Waals surface area contributed by atoms with Crippen LogP contribution < -0.4 is 0 Å². The molecule has 2 rings (SSSR count). The summed E-state index contributed by atoms with van der Waals surface area (Å²) >= 11 is 0. The van der Waals surface area contributed by atoms with Crippen molar-refractivity contribution in [1.29, 1.82) is 0 Å². The van der Waals surface area contributed by atoms with Crippen LogP contribution in [-0.4, -0.2) is 105 Å². The highest BCUT2D eigenvalue weighted by molar-refractivity contribution is 5.14. The van der Waals surface area contributed by atoms with E-state index >= 15 is 0 Å². The summed E-state index contributed by atoms with van der Waals surface area (Å²) in [7, 11) is 0. The van der Waals surface area contributed by atoms with Gasteiger partial charge in [-0.15, -0.1) is 0 Å². The fraction of sp³-hybridized carbons (Fsp3) is 0.750. The normalized spacial score (nSPS) is 19.8. The molecule has 0 amide bonds. The van der Waals surface area contributed by atoms with Gasteiger partial charge in [-0.25, -0.2) is 0 Å². The SMILES string of the molecule is c1ccc(CCCOCCOCCOCC2COCCOCCOCCOCCO2)cc1. The first-order valence-electron chi connectivity index (χ1n) is 11.6. The van der Waals surface area contributed by atoms with Crippen LogP contribution in [-0.2, 0) is 44.3 Å². The van der Waals surface area contributed by atoms with Gasteiger partial charge in [0.25, 0.3) is 0 Å². The summed E-state index contributed by atoms with van der Waals surface area (Å²) in [6, 6.07) is 10.5. The average molecular weight is 457 g/mol. The molecule has 1 saturated heterocycles. The Bertz CT molecular complexity index is 500.